The third-order valence-corrected chi connectivity index (χ3v) is 3.85. The number of nitrogens with zero attached hydrogens (tertiary/aromatic N) is 2. The van der Waals surface area contributed by atoms with Crippen molar-refractivity contribution < 1.29 is 4.79 Å². The van der Waals surface area contributed by atoms with Crippen LogP contribution in [0, 0.1) is 0 Å². The molecule has 3 aromatic rings. The van der Waals surface area contributed by atoms with Gasteiger partial charge in [0, 0.05) is 34.6 Å². The van der Waals surface area contributed by atoms with Crippen LogP contribution in [0.15, 0.2) is 41.4 Å². The number of fused-ring (bicyclic) bond motifs is 1. The molecule has 0 aliphatic rings. The number of para-hydroxylation sites is 1. The molecule has 0 saturated carbocycles. The van der Waals surface area contributed by atoms with E-state index < -0.39 is 0 Å². The number of thiazole rings is 1. The summed E-state index contributed by atoms with van der Waals surface area (Å²) in [5.74, 6) is 0.125. The molecule has 4 nitrogen and oxygen atoms in total. The third kappa shape index (κ3) is 2.64. The van der Waals surface area contributed by atoms with Crippen LogP contribution in [-0.4, -0.2) is 34.2 Å². The molecular formula is C15H15N3OS. The van der Waals surface area contributed by atoms with Gasteiger partial charge in [-0.15, -0.1) is 11.3 Å². The van der Waals surface area contributed by atoms with Crippen molar-refractivity contribution in [3.8, 4) is 0 Å². The summed E-state index contributed by atoms with van der Waals surface area (Å²) in [6.45, 7) is 1.08. The topological polar surface area (TPSA) is 49.0 Å². The highest BCUT2D eigenvalue weighted by Crippen LogP contribution is 2.18. The minimum Gasteiger partial charge on any atom is -0.360 e. The average Bonchev–Trinajstić information content (AvgIpc) is 3.07. The molecular weight excluding hydrogens is 270 g/mol. The van der Waals surface area contributed by atoms with E-state index >= 15 is 0 Å². The van der Waals surface area contributed by atoms with Crippen molar-refractivity contribution in [3.05, 3.63) is 52.6 Å². The number of ketones is 1. The second-order valence-corrected chi connectivity index (χ2v) is 5.54. The summed E-state index contributed by atoms with van der Waals surface area (Å²) >= 11 is 1.57. The van der Waals surface area contributed by atoms with Gasteiger partial charge in [0.1, 0.15) is 0 Å². The van der Waals surface area contributed by atoms with Gasteiger partial charge in [-0.25, -0.2) is 4.98 Å². The molecule has 5 heteroatoms. The van der Waals surface area contributed by atoms with E-state index in [1.165, 1.54) is 0 Å². The van der Waals surface area contributed by atoms with Crippen molar-refractivity contribution in [1.82, 2.24) is 14.9 Å². The Labute approximate surface area is 121 Å². The SMILES string of the molecule is CN(CC(=O)c1c[nH]c2ccccc12)Cc1cscn1. The van der Waals surface area contributed by atoms with Gasteiger partial charge in [-0.05, 0) is 13.1 Å². The molecule has 20 heavy (non-hydrogen) atoms. The Bertz CT molecular complexity index is 718. The largest absolute Gasteiger partial charge is 0.360 e. The second-order valence-electron chi connectivity index (χ2n) is 4.82. The Hall–Kier alpha value is -1.98. The van der Waals surface area contributed by atoms with Gasteiger partial charge in [0.15, 0.2) is 5.78 Å². The molecule has 0 spiro atoms. The maximum atomic E-state index is 12.4. The molecule has 0 fully saturated rings. The van der Waals surface area contributed by atoms with Crippen LogP contribution in [0.4, 0.5) is 0 Å². The number of aromatic amines is 1. The van der Waals surface area contributed by atoms with Gasteiger partial charge in [0.2, 0.25) is 0 Å². The van der Waals surface area contributed by atoms with Crippen LogP contribution >= 0.6 is 11.3 Å². The standard InChI is InChI=1S/C15H15N3OS/c1-18(7-11-9-20-10-17-11)8-15(19)13-6-16-14-5-3-2-4-12(13)14/h2-6,9-10,16H,7-8H2,1H3. The number of carbonyl (C=O) groups is 1. The van der Waals surface area contributed by atoms with Crippen LogP contribution < -0.4 is 0 Å². The maximum absolute atomic E-state index is 12.4. The van der Waals surface area contributed by atoms with Gasteiger partial charge >= 0.3 is 0 Å². The first-order chi connectivity index (χ1) is 9.74. The van der Waals surface area contributed by atoms with E-state index in [9.17, 15) is 4.79 Å². The van der Waals surface area contributed by atoms with Crippen molar-refractivity contribution in [2.75, 3.05) is 13.6 Å². The van der Waals surface area contributed by atoms with E-state index in [-0.39, 0.29) is 5.78 Å². The Morgan fingerprint density at radius 3 is 3.05 bits per heavy atom. The lowest BCUT2D eigenvalue weighted by molar-refractivity contribution is 0.0944. The normalized spacial score (nSPS) is 11.3. The van der Waals surface area contributed by atoms with Crippen molar-refractivity contribution in [2.24, 2.45) is 0 Å². The van der Waals surface area contributed by atoms with Gasteiger partial charge in [-0.2, -0.15) is 0 Å². The molecule has 0 aliphatic heterocycles. The molecule has 2 aromatic heterocycles. The van der Waals surface area contributed by atoms with Crippen molar-refractivity contribution in [2.45, 2.75) is 6.54 Å². The van der Waals surface area contributed by atoms with Gasteiger partial charge in [-0.1, -0.05) is 18.2 Å². The first-order valence-corrected chi connectivity index (χ1v) is 7.33. The number of nitrogens with one attached hydrogen (secondary N) is 1. The lowest BCUT2D eigenvalue weighted by Gasteiger charge is -2.13. The first-order valence-electron chi connectivity index (χ1n) is 6.39. The summed E-state index contributed by atoms with van der Waals surface area (Å²) in [5, 5.41) is 2.99. The van der Waals surface area contributed by atoms with E-state index in [4.69, 9.17) is 0 Å². The van der Waals surface area contributed by atoms with Crippen molar-refractivity contribution in [3.63, 3.8) is 0 Å². The van der Waals surface area contributed by atoms with Crippen molar-refractivity contribution >= 4 is 28.0 Å². The minimum absolute atomic E-state index is 0.125. The van der Waals surface area contributed by atoms with Gasteiger partial charge in [-0.3, -0.25) is 9.69 Å². The number of hydrogen-bond acceptors (Lipinski definition) is 4. The number of H-pyrrole nitrogens is 1. The fraction of sp³-hybridized carbons (Fsp3) is 0.200. The molecule has 0 saturated heterocycles. The number of benzene rings is 1. The summed E-state index contributed by atoms with van der Waals surface area (Å²) in [5.41, 5.74) is 4.57. The smallest absolute Gasteiger partial charge is 0.178 e. The fourth-order valence-electron chi connectivity index (χ4n) is 2.28. The van der Waals surface area contributed by atoms with Crippen LogP contribution in [0.5, 0.6) is 0 Å². The minimum atomic E-state index is 0.125. The molecule has 0 amide bonds. The van der Waals surface area contributed by atoms with Gasteiger partial charge < -0.3 is 4.98 Å². The van der Waals surface area contributed by atoms with Gasteiger partial charge in [0.25, 0.3) is 0 Å². The Morgan fingerprint density at radius 2 is 2.25 bits per heavy atom. The highest BCUT2D eigenvalue weighted by molar-refractivity contribution is 7.07. The molecule has 0 unspecified atom stereocenters. The van der Waals surface area contributed by atoms with Crippen LogP contribution in [0.2, 0.25) is 0 Å². The quantitative estimate of drug-likeness (QED) is 0.733. The molecule has 0 atom stereocenters. The number of aromatic nitrogens is 2. The summed E-state index contributed by atoms with van der Waals surface area (Å²) in [4.78, 5) is 21.7. The second kappa shape index (κ2) is 5.56. The molecule has 0 aliphatic carbocycles. The Morgan fingerprint density at radius 1 is 1.40 bits per heavy atom. The number of Topliss-reactive ketones (excluding diaryl/α,β-unsaturated/α-hetero) is 1. The maximum Gasteiger partial charge on any atom is 0.178 e. The molecule has 1 N–H and O–H groups in total. The first kappa shape index (κ1) is 13.0. The lowest BCUT2D eigenvalue weighted by atomic mass is 10.1. The zero-order valence-corrected chi connectivity index (χ0v) is 12.0. The van der Waals surface area contributed by atoms with E-state index in [1.54, 1.807) is 17.5 Å². The van der Waals surface area contributed by atoms with Crippen molar-refractivity contribution in [1.29, 1.82) is 0 Å². The molecule has 1 aromatic carbocycles. The summed E-state index contributed by atoms with van der Waals surface area (Å²) in [7, 11) is 1.94. The zero-order chi connectivity index (χ0) is 13.9. The monoisotopic (exact) mass is 285 g/mol. The fourth-order valence-corrected chi connectivity index (χ4v) is 2.83. The predicted molar refractivity (Wildman–Crippen MR) is 81.1 cm³/mol. The lowest BCUT2D eigenvalue weighted by Crippen LogP contribution is -2.25. The summed E-state index contributed by atoms with van der Waals surface area (Å²) in [6, 6.07) is 7.86. The van der Waals surface area contributed by atoms with Crippen LogP contribution in [0.25, 0.3) is 10.9 Å². The average molecular weight is 285 g/mol. The van der Waals surface area contributed by atoms with E-state index in [1.807, 2.05) is 47.1 Å². The Balaban J connectivity index is 1.73. The summed E-state index contributed by atoms with van der Waals surface area (Å²) in [6.07, 6.45) is 1.80. The van der Waals surface area contributed by atoms with Gasteiger partial charge in [0.05, 0.1) is 17.7 Å². The molecule has 102 valence electrons. The van der Waals surface area contributed by atoms with Crippen LogP contribution in [-0.2, 0) is 6.54 Å². The van der Waals surface area contributed by atoms with Crippen LogP contribution in [0.3, 0.4) is 0 Å². The highest BCUT2D eigenvalue weighted by atomic mass is 32.1. The molecule has 0 bridgehead atoms. The zero-order valence-electron chi connectivity index (χ0n) is 11.2. The number of hydrogen-bond donors (Lipinski definition) is 1. The highest BCUT2D eigenvalue weighted by Gasteiger charge is 2.14. The number of likely N-dealkylation sites (N-methyl/N-ethyl adjacent to an activating group) is 1. The predicted octanol–water partition coefficient (Wildman–Crippen LogP) is 2.94. The Kier molecular flexibility index (Phi) is 3.62. The number of carbonyl (C=O) groups excluding carboxylic acids is 1. The van der Waals surface area contributed by atoms with E-state index in [0.717, 1.165) is 22.2 Å². The molecule has 3 rings (SSSR count). The third-order valence-electron chi connectivity index (χ3n) is 3.22. The van der Waals surface area contributed by atoms with Crippen LogP contribution in [0.1, 0.15) is 16.1 Å². The summed E-state index contributed by atoms with van der Waals surface area (Å²) < 4.78 is 0. The molecule has 2 heterocycles. The van der Waals surface area contributed by atoms with E-state index in [2.05, 4.69) is 9.97 Å². The van der Waals surface area contributed by atoms with E-state index in [0.29, 0.717) is 13.1 Å². The number of rotatable bonds is 5. The molecule has 0 radical (unpaired) electrons.